The molecule has 0 radical (unpaired) electrons. The van der Waals surface area contributed by atoms with Crippen LogP contribution >= 0.6 is 0 Å². The summed E-state index contributed by atoms with van der Waals surface area (Å²) in [5.41, 5.74) is 29.5. The molecule has 0 aliphatic carbocycles. The summed E-state index contributed by atoms with van der Waals surface area (Å²) in [6, 6.07) is 132. The predicted molar refractivity (Wildman–Crippen MR) is 447 cm³/mol. The van der Waals surface area contributed by atoms with Crippen LogP contribution in [0.2, 0.25) is 0 Å². The molecular formula is C101H63N7. The fraction of sp³-hybridized carbons (Fsp3) is 0. The van der Waals surface area contributed by atoms with Gasteiger partial charge in [-0.2, -0.15) is 0 Å². The third-order valence-corrected chi connectivity index (χ3v) is 21.0. The zero-order chi connectivity index (χ0) is 71.4. The Morgan fingerprint density at radius 1 is 0.157 bits per heavy atom. The molecule has 7 heteroatoms. The van der Waals surface area contributed by atoms with Gasteiger partial charge in [0.2, 0.25) is 0 Å². The molecule has 0 atom stereocenters. The van der Waals surface area contributed by atoms with Gasteiger partial charge in [0.1, 0.15) is 0 Å². The highest BCUT2D eigenvalue weighted by Gasteiger charge is 2.23. The average molecular weight is 1370 g/mol. The first kappa shape index (κ1) is 63.2. The van der Waals surface area contributed by atoms with Crippen molar-refractivity contribution in [2.75, 3.05) is 0 Å². The van der Waals surface area contributed by atoms with Gasteiger partial charge >= 0.3 is 0 Å². The van der Waals surface area contributed by atoms with Crippen LogP contribution in [0.15, 0.2) is 382 Å². The maximum absolute atomic E-state index is 5.87. The number of benzene rings is 13. The molecule has 20 rings (SSSR count). The van der Waals surface area contributed by atoms with Crippen LogP contribution in [0.4, 0.5) is 0 Å². The van der Waals surface area contributed by atoms with Crippen molar-refractivity contribution in [3.05, 3.63) is 382 Å². The Balaban J connectivity index is 0.737. The van der Waals surface area contributed by atoms with Crippen molar-refractivity contribution in [2.45, 2.75) is 0 Å². The van der Waals surface area contributed by atoms with Crippen LogP contribution in [-0.4, -0.2) is 34.9 Å². The summed E-state index contributed by atoms with van der Waals surface area (Å²) in [4.78, 5) is 37.1. The molecular weight excluding hydrogens is 1310 g/mol. The maximum Gasteiger partial charge on any atom is 0.0972 e. The summed E-state index contributed by atoms with van der Waals surface area (Å²) >= 11 is 0. The standard InChI is InChI=1S/C101H63N7/c1-4-20-64(21-5-1)66-40-46-69(47-41-66)80-30-16-34-84-94(80)86-36-18-32-82(71-50-44-68(45-51-71)79-62-92(90-38-10-12-58-102-90)104-93(63-79)91-39-11-13-59-103-91)100(86)107-96(84)77-28-14-26-75(60-77)76-27-15-29-78(61-76)97-85-35-17-31-81(70-48-42-67(43-49-70)65-22-6-2-7-23-65)95(85)87-37-19-33-83(101(87)108-97)89-57-55-74-53-52-73-54-56-88(72-24-8-3-9-25-72)105-98(73)99(74)106-89/h1-63H. The minimum atomic E-state index is 0.778. The lowest BCUT2D eigenvalue weighted by Gasteiger charge is -2.18. The highest BCUT2D eigenvalue weighted by atomic mass is 14.8. The van der Waals surface area contributed by atoms with Crippen molar-refractivity contribution in [3.8, 4) is 146 Å². The monoisotopic (exact) mass is 1370 g/mol. The first-order valence-corrected chi connectivity index (χ1v) is 36.5. The van der Waals surface area contributed by atoms with Crippen LogP contribution in [0.3, 0.4) is 0 Å². The summed E-state index contributed by atoms with van der Waals surface area (Å²) in [5.74, 6) is 0. The Kier molecular flexibility index (Phi) is 15.8. The third-order valence-electron chi connectivity index (χ3n) is 21.0. The molecule has 108 heavy (non-hydrogen) atoms. The Morgan fingerprint density at radius 2 is 0.509 bits per heavy atom. The molecule has 0 fully saturated rings. The van der Waals surface area contributed by atoms with Crippen LogP contribution in [-0.2, 0) is 0 Å². The Labute approximate surface area is 624 Å². The van der Waals surface area contributed by atoms with Gasteiger partial charge in [0.05, 0.1) is 67.6 Å². The minimum Gasteiger partial charge on any atom is -0.255 e. The SMILES string of the molecule is c1ccc(-c2ccc(-c3cccc4c(-c5cccc(-c6cccc(-c7nc8c(-c9ccc%10ccc%11ccc(-c%12ccccc%12)nc%11c%10n9)cccc8c8c(-c9ccc(-c%10ccccc%10)cc9)cccc78)c6)c5)nc5c(-c6ccc(-c7cc(-c8ccccn8)nc(-c8ccccn8)c7)cc6)cccc5c34)cc2)cc1. The van der Waals surface area contributed by atoms with Gasteiger partial charge in [-0.1, -0.05) is 309 Å². The molecule has 0 amide bonds. The minimum absolute atomic E-state index is 0.778. The molecule has 0 N–H and O–H groups in total. The average Bonchev–Trinajstić information content (AvgIpc) is 0.738. The number of hydrogen-bond acceptors (Lipinski definition) is 7. The van der Waals surface area contributed by atoms with Gasteiger partial charge in [-0.3, -0.25) is 9.97 Å². The van der Waals surface area contributed by atoms with E-state index >= 15 is 0 Å². The van der Waals surface area contributed by atoms with E-state index in [2.05, 4.69) is 328 Å². The zero-order valence-electron chi connectivity index (χ0n) is 58.5. The van der Waals surface area contributed by atoms with E-state index in [1.165, 1.54) is 16.7 Å². The van der Waals surface area contributed by atoms with Crippen molar-refractivity contribution in [2.24, 2.45) is 0 Å². The van der Waals surface area contributed by atoms with E-state index in [4.69, 9.17) is 34.9 Å². The molecule has 0 spiro atoms. The Bertz CT molecular complexity index is 6800. The molecule has 0 unspecified atom stereocenters. The predicted octanol–water partition coefficient (Wildman–Crippen LogP) is 26.0. The first-order valence-electron chi connectivity index (χ1n) is 36.5. The smallest absolute Gasteiger partial charge is 0.0972 e. The Hall–Kier alpha value is -14.5. The fourth-order valence-corrected chi connectivity index (χ4v) is 15.7. The quantitative estimate of drug-likeness (QED) is 0.106. The lowest BCUT2D eigenvalue weighted by atomic mass is 9.89. The molecule has 502 valence electrons. The van der Waals surface area contributed by atoms with Gasteiger partial charge in [0.15, 0.2) is 0 Å². The molecule has 0 aliphatic rings. The van der Waals surface area contributed by atoms with Gasteiger partial charge < -0.3 is 0 Å². The fourth-order valence-electron chi connectivity index (χ4n) is 15.7. The molecule has 0 saturated carbocycles. The van der Waals surface area contributed by atoms with E-state index in [9.17, 15) is 0 Å². The number of hydrogen-bond donors (Lipinski definition) is 0. The molecule has 20 aromatic rings. The van der Waals surface area contributed by atoms with Crippen molar-refractivity contribution in [1.29, 1.82) is 0 Å². The van der Waals surface area contributed by atoms with E-state index in [1.54, 1.807) is 12.4 Å². The van der Waals surface area contributed by atoms with Crippen molar-refractivity contribution >= 4 is 65.2 Å². The summed E-state index contributed by atoms with van der Waals surface area (Å²) in [5, 5.41) is 8.53. The molecule has 13 aromatic carbocycles. The molecule has 7 nitrogen and oxygen atoms in total. The molecule has 7 aromatic heterocycles. The lowest BCUT2D eigenvalue weighted by molar-refractivity contribution is 1.22. The van der Waals surface area contributed by atoms with Gasteiger partial charge in [-0.15, -0.1) is 0 Å². The highest BCUT2D eigenvalue weighted by molar-refractivity contribution is 6.21. The van der Waals surface area contributed by atoms with Crippen LogP contribution in [0.1, 0.15) is 0 Å². The zero-order valence-corrected chi connectivity index (χ0v) is 58.5. The number of para-hydroxylation sites is 2. The normalized spacial score (nSPS) is 11.5. The van der Waals surface area contributed by atoms with Gasteiger partial charge in [-0.25, -0.2) is 24.9 Å². The molecule has 7 heterocycles. The van der Waals surface area contributed by atoms with Crippen molar-refractivity contribution in [1.82, 2.24) is 34.9 Å². The summed E-state index contributed by atoms with van der Waals surface area (Å²) in [6.07, 6.45) is 3.61. The van der Waals surface area contributed by atoms with Crippen molar-refractivity contribution in [3.63, 3.8) is 0 Å². The van der Waals surface area contributed by atoms with Crippen LogP contribution in [0, 0.1) is 0 Å². The van der Waals surface area contributed by atoms with Crippen LogP contribution < -0.4 is 0 Å². The summed E-state index contributed by atoms with van der Waals surface area (Å²) in [6.45, 7) is 0. The number of aromatic nitrogens is 7. The third kappa shape index (κ3) is 11.6. The molecule has 0 bridgehead atoms. The lowest BCUT2D eigenvalue weighted by Crippen LogP contribution is -1.96. The van der Waals surface area contributed by atoms with Crippen LogP contribution in [0.5, 0.6) is 0 Å². The maximum atomic E-state index is 5.87. The topological polar surface area (TPSA) is 90.2 Å². The van der Waals surface area contributed by atoms with Gasteiger partial charge in [-0.05, 0) is 133 Å². The van der Waals surface area contributed by atoms with E-state index in [0.717, 1.165) is 194 Å². The van der Waals surface area contributed by atoms with Crippen LogP contribution in [0.25, 0.3) is 211 Å². The first-order chi connectivity index (χ1) is 53.5. The number of pyridine rings is 7. The second-order valence-electron chi connectivity index (χ2n) is 27.4. The van der Waals surface area contributed by atoms with E-state index in [0.29, 0.717) is 0 Å². The van der Waals surface area contributed by atoms with Crippen molar-refractivity contribution < 1.29 is 0 Å². The Morgan fingerprint density at radius 3 is 0.991 bits per heavy atom. The van der Waals surface area contributed by atoms with E-state index in [1.807, 2.05) is 42.5 Å². The highest BCUT2D eigenvalue weighted by Crippen LogP contribution is 2.46. The van der Waals surface area contributed by atoms with E-state index in [-0.39, 0.29) is 0 Å². The molecule has 0 aliphatic heterocycles. The number of nitrogens with zero attached hydrogens (tertiary/aromatic N) is 7. The number of fused-ring (bicyclic) bond motifs is 9. The second-order valence-corrected chi connectivity index (χ2v) is 27.4. The van der Waals surface area contributed by atoms with Gasteiger partial charge in [0.25, 0.3) is 0 Å². The van der Waals surface area contributed by atoms with Gasteiger partial charge in [0, 0.05) is 83.3 Å². The summed E-state index contributed by atoms with van der Waals surface area (Å²) in [7, 11) is 0. The molecule has 0 saturated heterocycles. The summed E-state index contributed by atoms with van der Waals surface area (Å²) < 4.78 is 0. The van der Waals surface area contributed by atoms with E-state index < -0.39 is 0 Å². The largest absolute Gasteiger partial charge is 0.255 e. The second kappa shape index (κ2) is 26.9. The number of rotatable bonds is 13.